The number of carbonyl (C=O) groups excluding carboxylic acids is 1. The number of rotatable bonds is 12. The first-order valence-corrected chi connectivity index (χ1v) is 16.8. The Balaban J connectivity index is 0.982. The van der Waals surface area contributed by atoms with Gasteiger partial charge in [0.2, 0.25) is 0 Å². The maximum absolute atomic E-state index is 13.2. The lowest BCUT2D eigenvalue weighted by Gasteiger charge is -2.54. The normalized spacial score (nSPS) is 24.3. The lowest BCUT2D eigenvalue weighted by molar-refractivity contribution is -0.0136. The van der Waals surface area contributed by atoms with Crippen molar-refractivity contribution in [3.8, 4) is 16.9 Å². The highest BCUT2D eigenvalue weighted by Crippen LogP contribution is 2.53. The van der Waals surface area contributed by atoms with Gasteiger partial charge in [-0.25, -0.2) is 4.68 Å². The summed E-state index contributed by atoms with van der Waals surface area (Å²) in [5.41, 5.74) is 3.52. The van der Waals surface area contributed by atoms with Crippen molar-refractivity contribution < 1.29 is 4.79 Å². The largest absolute Gasteiger partial charge is 0.351 e. The molecular weight excluding hydrogens is 587 g/mol. The number of benzene rings is 2. The minimum atomic E-state index is -0.175. The zero-order valence-corrected chi connectivity index (χ0v) is 26.6. The summed E-state index contributed by atoms with van der Waals surface area (Å²) in [6.07, 6.45) is 13.2. The second-order valence-electron chi connectivity index (χ2n) is 12.8. The van der Waals surface area contributed by atoms with E-state index in [-0.39, 0.29) is 5.91 Å². The van der Waals surface area contributed by atoms with Gasteiger partial charge in [-0.3, -0.25) is 4.79 Å². The van der Waals surface area contributed by atoms with E-state index in [0.717, 1.165) is 65.9 Å². The van der Waals surface area contributed by atoms with E-state index in [1.807, 2.05) is 37.3 Å². The number of hydrogen-bond donors (Lipinski definition) is 2. The third-order valence-corrected chi connectivity index (χ3v) is 10.6. The Bertz CT molecular complexity index is 1370. The molecule has 42 heavy (non-hydrogen) atoms. The SMILES string of the molecule is Cc1c(C(=O)NCCCCCCCNC2C3CC4CC(C3)CC2C4)nn(-c2ccc(Cl)cc2Cl)c1-c1ccc(Cl)cc1. The van der Waals surface area contributed by atoms with Gasteiger partial charge in [0, 0.05) is 33.8 Å². The van der Waals surface area contributed by atoms with Crippen LogP contribution >= 0.6 is 34.8 Å². The molecule has 0 saturated heterocycles. The van der Waals surface area contributed by atoms with Gasteiger partial charge in [-0.05, 0) is 112 Å². The molecule has 224 valence electrons. The molecule has 0 unspecified atom stereocenters. The van der Waals surface area contributed by atoms with Gasteiger partial charge in [0.05, 0.1) is 16.4 Å². The van der Waals surface area contributed by atoms with E-state index in [4.69, 9.17) is 39.9 Å². The third-order valence-electron chi connectivity index (χ3n) is 9.84. The molecule has 1 aromatic heterocycles. The van der Waals surface area contributed by atoms with Gasteiger partial charge in [-0.2, -0.15) is 5.10 Å². The van der Waals surface area contributed by atoms with Crippen LogP contribution in [0.5, 0.6) is 0 Å². The summed E-state index contributed by atoms with van der Waals surface area (Å²) in [5, 5.41) is 13.4. The molecule has 0 spiro atoms. The highest BCUT2D eigenvalue weighted by molar-refractivity contribution is 6.35. The maximum atomic E-state index is 13.2. The van der Waals surface area contributed by atoms with Crippen LogP contribution in [-0.2, 0) is 0 Å². The minimum Gasteiger partial charge on any atom is -0.351 e. The molecule has 0 atom stereocenters. The van der Waals surface area contributed by atoms with Crippen molar-refractivity contribution in [1.29, 1.82) is 0 Å². The summed E-state index contributed by atoms with van der Waals surface area (Å²) >= 11 is 18.8. The number of hydrogen-bond acceptors (Lipinski definition) is 3. The van der Waals surface area contributed by atoms with Crippen molar-refractivity contribution in [1.82, 2.24) is 20.4 Å². The van der Waals surface area contributed by atoms with Crippen LogP contribution in [0.2, 0.25) is 15.1 Å². The first-order valence-electron chi connectivity index (χ1n) is 15.7. The molecule has 4 aliphatic rings. The number of halogens is 3. The Kier molecular flexibility index (Phi) is 9.50. The predicted molar refractivity (Wildman–Crippen MR) is 173 cm³/mol. The molecule has 0 aliphatic heterocycles. The molecule has 4 saturated carbocycles. The van der Waals surface area contributed by atoms with Crippen LogP contribution in [0.25, 0.3) is 16.9 Å². The lowest BCUT2D eigenvalue weighted by atomic mass is 9.54. The summed E-state index contributed by atoms with van der Waals surface area (Å²) in [4.78, 5) is 13.2. The fourth-order valence-electron chi connectivity index (χ4n) is 8.08. The van der Waals surface area contributed by atoms with E-state index in [2.05, 4.69) is 10.6 Å². The molecule has 1 heterocycles. The van der Waals surface area contributed by atoms with Crippen molar-refractivity contribution in [2.24, 2.45) is 23.7 Å². The van der Waals surface area contributed by atoms with Crippen molar-refractivity contribution >= 4 is 40.7 Å². The Labute approximate surface area is 264 Å². The van der Waals surface area contributed by atoms with E-state index in [1.165, 1.54) is 51.4 Å². The van der Waals surface area contributed by atoms with Gasteiger partial charge in [0.1, 0.15) is 0 Å². The smallest absolute Gasteiger partial charge is 0.272 e. The van der Waals surface area contributed by atoms with Crippen LogP contribution in [0.3, 0.4) is 0 Å². The van der Waals surface area contributed by atoms with Gasteiger partial charge in [0.25, 0.3) is 5.91 Å². The van der Waals surface area contributed by atoms with E-state index in [9.17, 15) is 4.79 Å². The van der Waals surface area contributed by atoms with Gasteiger partial charge in [-0.1, -0.05) is 66.2 Å². The summed E-state index contributed by atoms with van der Waals surface area (Å²) in [7, 11) is 0. The van der Waals surface area contributed by atoms with E-state index in [1.54, 1.807) is 16.8 Å². The van der Waals surface area contributed by atoms with Crippen molar-refractivity contribution in [3.05, 3.63) is 68.8 Å². The zero-order chi connectivity index (χ0) is 29.2. The second-order valence-corrected chi connectivity index (χ2v) is 14.1. The van der Waals surface area contributed by atoms with E-state index < -0.39 is 0 Å². The molecule has 2 aromatic carbocycles. The van der Waals surface area contributed by atoms with Gasteiger partial charge >= 0.3 is 0 Å². The lowest BCUT2D eigenvalue weighted by Crippen LogP contribution is -2.54. The third kappa shape index (κ3) is 6.55. The molecular formula is C34H41Cl3N4O. The van der Waals surface area contributed by atoms with Crippen LogP contribution in [-0.4, -0.2) is 34.8 Å². The molecule has 7 rings (SSSR count). The second kappa shape index (κ2) is 13.3. The Hall–Kier alpha value is -2.05. The van der Waals surface area contributed by atoms with Crippen LogP contribution in [0.4, 0.5) is 0 Å². The molecule has 5 nitrogen and oxygen atoms in total. The predicted octanol–water partition coefficient (Wildman–Crippen LogP) is 8.90. The summed E-state index contributed by atoms with van der Waals surface area (Å²) < 4.78 is 1.73. The number of aromatic nitrogens is 2. The van der Waals surface area contributed by atoms with Crippen LogP contribution in [0.1, 0.15) is 80.3 Å². The van der Waals surface area contributed by atoms with Gasteiger partial charge in [0.15, 0.2) is 5.69 Å². The first-order chi connectivity index (χ1) is 20.4. The summed E-state index contributed by atoms with van der Waals surface area (Å²) in [6, 6.07) is 13.6. The number of carbonyl (C=O) groups is 1. The maximum Gasteiger partial charge on any atom is 0.272 e. The minimum absolute atomic E-state index is 0.175. The fourth-order valence-corrected chi connectivity index (χ4v) is 8.69. The monoisotopic (exact) mass is 626 g/mol. The fraction of sp³-hybridized carbons (Fsp3) is 0.529. The highest BCUT2D eigenvalue weighted by atomic mass is 35.5. The number of nitrogens with one attached hydrogen (secondary N) is 2. The highest BCUT2D eigenvalue weighted by Gasteiger charge is 2.47. The average molecular weight is 628 g/mol. The molecule has 2 N–H and O–H groups in total. The number of nitrogens with zero attached hydrogens (tertiary/aromatic N) is 2. The number of unbranched alkanes of at least 4 members (excludes halogenated alkanes) is 4. The summed E-state index contributed by atoms with van der Waals surface area (Å²) in [5.74, 6) is 3.80. The summed E-state index contributed by atoms with van der Waals surface area (Å²) in [6.45, 7) is 3.71. The molecule has 4 fully saturated rings. The van der Waals surface area contributed by atoms with Crippen LogP contribution in [0.15, 0.2) is 42.5 Å². The standard InChI is InChI=1S/C34H41Cl3N4O/c1-21-31(40-41(30-12-11-28(36)20-29(30)37)33(21)24-7-9-27(35)10-8-24)34(42)39-14-6-4-2-3-5-13-38-32-25-16-22-15-23(18-25)19-26(32)17-22/h7-12,20,22-23,25-26,32,38H,2-6,13-19H2,1H3,(H,39,42). The van der Waals surface area contributed by atoms with Crippen LogP contribution < -0.4 is 10.6 Å². The van der Waals surface area contributed by atoms with Crippen molar-refractivity contribution in [3.63, 3.8) is 0 Å². The Morgan fingerprint density at radius 2 is 1.45 bits per heavy atom. The average Bonchev–Trinajstić information content (AvgIpc) is 3.30. The van der Waals surface area contributed by atoms with E-state index in [0.29, 0.717) is 33.0 Å². The molecule has 1 amide bonds. The van der Waals surface area contributed by atoms with Crippen molar-refractivity contribution in [2.75, 3.05) is 13.1 Å². The topological polar surface area (TPSA) is 59.0 Å². The molecule has 8 heteroatoms. The molecule has 4 aliphatic carbocycles. The van der Waals surface area contributed by atoms with Gasteiger partial charge in [-0.15, -0.1) is 0 Å². The zero-order valence-electron chi connectivity index (χ0n) is 24.4. The van der Waals surface area contributed by atoms with Crippen LogP contribution in [0, 0.1) is 30.6 Å². The Morgan fingerprint density at radius 1 is 0.833 bits per heavy atom. The first kappa shape index (κ1) is 30.0. The van der Waals surface area contributed by atoms with E-state index >= 15 is 0 Å². The molecule has 0 radical (unpaired) electrons. The molecule has 4 bridgehead atoms. The van der Waals surface area contributed by atoms with Gasteiger partial charge < -0.3 is 10.6 Å². The quantitative estimate of drug-likeness (QED) is 0.197. The van der Waals surface area contributed by atoms with Crippen molar-refractivity contribution in [2.45, 2.75) is 77.2 Å². The molecule has 3 aromatic rings. The number of amides is 1. The Morgan fingerprint density at radius 3 is 2.12 bits per heavy atom.